The van der Waals surface area contributed by atoms with E-state index in [9.17, 15) is 13.2 Å². The molecule has 0 aliphatic heterocycles. The van der Waals surface area contributed by atoms with Gasteiger partial charge < -0.3 is 0 Å². The van der Waals surface area contributed by atoms with Gasteiger partial charge in [-0.15, -0.1) is 11.3 Å². The minimum atomic E-state index is -3.55. The molecule has 1 aromatic heterocycles. The number of thiazole rings is 1. The number of ketones is 1. The molecule has 0 saturated heterocycles. The highest BCUT2D eigenvalue weighted by atomic mass is 32.2. The maximum Gasteiger partial charge on any atom is 0.212 e. The Hall–Kier alpha value is -1.31. The van der Waals surface area contributed by atoms with E-state index in [1.807, 2.05) is 24.3 Å². The number of carbonyl (C=O) groups excluding carboxylic acids is 1. The van der Waals surface area contributed by atoms with Gasteiger partial charge >= 0.3 is 0 Å². The number of carbonyl (C=O) groups is 1. The molecule has 2 unspecified atom stereocenters. The maximum atomic E-state index is 12.7. The van der Waals surface area contributed by atoms with E-state index in [0.29, 0.717) is 18.8 Å². The third-order valence-electron chi connectivity index (χ3n) is 6.36. The van der Waals surface area contributed by atoms with Gasteiger partial charge in [0.05, 0.1) is 22.5 Å². The van der Waals surface area contributed by atoms with Gasteiger partial charge in [0.1, 0.15) is 10.8 Å². The standard InChI is InChI=1S/C18H22N2O3S2/c1-17(2)12-7-8-18(17,15(21)9-12)11-25(22,23)19-10-16-20-13-5-3-4-6-14(13)24-16/h3-6,12,19H,7-11H2,1-2H3. The zero-order valence-corrected chi connectivity index (χ0v) is 16.0. The van der Waals surface area contributed by atoms with Crippen LogP contribution >= 0.6 is 11.3 Å². The number of para-hydroxylation sites is 1. The van der Waals surface area contributed by atoms with Crippen LogP contribution in [0.5, 0.6) is 0 Å². The molecule has 2 aromatic rings. The van der Waals surface area contributed by atoms with E-state index in [1.54, 1.807) is 0 Å². The average Bonchev–Trinajstić information content (AvgIpc) is 3.12. The lowest BCUT2D eigenvalue weighted by molar-refractivity contribution is -0.128. The van der Waals surface area contributed by atoms with E-state index in [1.165, 1.54) is 11.3 Å². The summed E-state index contributed by atoms with van der Waals surface area (Å²) in [5.41, 5.74) is -0.0859. The summed E-state index contributed by atoms with van der Waals surface area (Å²) in [6, 6.07) is 7.75. The molecule has 25 heavy (non-hydrogen) atoms. The van der Waals surface area contributed by atoms with E-state index in [2.05, 4.69) is 23.6 Å². The summed E-state index contributed by atoms with van der Waals surface area (Å²) in [5.74, 6) is 0.339. The molecule has 2 fully saturated rings. The highest BCUT2D eigenvalue weighted by Crippen LogP contribution is 2.64. The van der Waals surface area contributed by atoms with Crippen LogP contribution in [0.2, 0.25) is 0 Å². The fourth-order valence-electron chi connectivity index (χ4n) is 4.65. The highest BCUT2D eigenvalue weighted by Gasteiger charge is 2.65. The Kier molecular flexibility index (Phi) is 3.83. The van der Waals surface area contributed by atoms with Gasteiger partial charge in [-0.25, -0.2) is 18.1 Å². The fraction of sp³-hybridized carbons (Fsp3) is 0.556. The molecule has 7 heteroatoms. The number of Topliss-reactive ketones (excluding diaryl/α,β-unsaturated/α-hetero) is 1. The second kappa shape index (κ2) is 5.59. The Morgan fingerprint density at radius 1 is 1.32 bits per heavy atom. The lowest BCUT2D eigenvalue weighted by Crippen LogP contribution is -2.45. The summed E-state index contributed by atoms with van der Waals surface area (Å²) in [7, 11) is -3.55. The Balaban J connectivity index is 1.51. The van der Waals surface area contributed by atoms with Crippen LogP contribution < -0.4 is 4.72 Å². The Labute approximate surface area is 151 Å². The zero-order valence-electron chi connectivity index (χ0n) is 14.4. The number of hydrogen-bond acceptors (Lipinski definition) is 5. The first kappa shape index (κ1) is 17.1. The van der Waals surface area contributed by atoms with Crippen LogP contribution in [0.4, 0.5) is 0 Å². The van der Waals surface area contributed by atoms with Crippen molar-refractivity contribution in [2.24, 2.45) is 16.7 Å². The fourth-order valence-corrected chi connectivity index (χ4v) is 7.43. The number of aromatic nitrogens is 1. The van der Waals surface area contributed by atoms with Gasteiger partial charge in [-0.05, 0) is 36.3 Å². The van der Waals surface area contributed by atoms with Crippen molar-refractivity contribution in [2.45, 2.75) is 39.7 Å². The van der Waals surface area contributed by atoms with Crippen LogP contribution in [0, 0.1) is 16.7 Å². The first-order valence-corrected chi connectivity index (χ1v) is 11.1. The van der Waals surface area contributed by atoms with Gasteiger partial charge in [0.15, 0.2) is 0 Å². The Morgan fingerprint density at radius 2 is 2.08 bits per heavy atom. The lowest BCUT2D eigenvalue weighted by atomic mass is 9.70. The minimum absolute atomic E-state index is 0.104. The molecule has 2 bridgehead atoms. The summed E-state index contributed by atoms with van der Waals surface area (Å²) in [6.07, 6.45) is 2.16. The lowest BCUT2D eigenvalue weighted by Gasteiger charge is -2.36. The first-order valence-electron chi connectivity index (χ1n) is 8.59. The maximum absolute atomic E-state index is 12.7. The van der Waals surface area contributed by atoms with E-state index in [0.717, 1.165) is 21.6 Å². The predicted octanol–water partition coefficient (Wildman–Crippen LogP) is 3.11. The summed E-state index contributed by atoms with van der Waals surface area (Å²) >= 11 is 1.49. The molecule has 134 valence electrons. The number of nitrogens with zero attached hydrogens (tertiary/aromatic N) is 1. The second-order valence-corrected chi connectivity index (χ2v) is 10.7. The summed E-state index contributed by atoms with van der Waals surface area (Å²) < 4.78 is 29.1. The topological polar surface area (TPSA) is 76.1 Å². The molecule has 1 N–H and O–H groups in total. The largest absolute Gasteiger partial charge is 0.299 e. The third kappa shape index (κ3) is 2.64. The normalized spacial score (nSPS) is 28.1. The van der Waals surface area contributed by atoms with Crippen molar-refractivity contribution in [2.75, 3.05) is 5.75 Å². The van der Waals surface area contributed by atoms with E-state index in [4.69, 9.17) is 0 Å². The number of sulfonamides is 1. The number of fused-ring (bicyclic) bond motifs is 3. The van der Waals surface area contributed by atoms with Gasteiger partial charge in [0, 0.05) is 11.8 Å². The highest BCUT2D eigenvalue weighted by molar-refractivity contribution is 7.89. The summed E-state index contributed by atoms with van der Waals surface area (Å²) in [4.78, 5) is 17.0. The number of nitrogens with one attached hydrogen (secondary N) is 1. The van der Waals surface area contributed by atoms with Gasteiger partial charge in [-0.3, -0.25) is 4.79 Å². The molecule has 0 amide bonds. The molecule has 2 saturated carbocycles. The van der Waals surface area contributed by atoms with Gasteiger partial charge in [0.2, 0.25) is 10.0 Å². The smallest absolute Gasteiger partial charge is 0.212 e. The number of benzene rings is 1. The van der Waals surface area contributed by atoms with Crippen LogP contribution in [0.25, 0.3) is 10.2 Å². The van der Waals surface area contributed by atoms with Crippen molar-refractivity contribution in [1.29, 1.82) is 0 Å². The van der Waals surface area contributed by atoms with Crippen LogP contribution in [-0.4, -0.2) is 24.9 Å². The van der Waals surface area contributed by atoms with Crippen molar-refractivity contribution in [3.63, 3.8) is 0 Å². The molecule has 4 rings (SSSR count). The zero-order chi connectivity index (χ0) is 17.9. The van der Waals surface area contributed by atoms with E-state index in [-0.39, 0.29) is 23.5 Å². The molecule has 1 aromatic carbocycles. The van der Waals surface area contributed by atoms with Crippen LogP contribution in [0.1, 0.15) is 38.1 Å². The van der Waals surface area contributed by atoms with Crippen LogP contribution in [-0.2, 0) is 21.4 Å². The number of rotatable bonds is 5. The first-order chi connectivity index (χ1) is 11.7. The van der Waals surface area contributed by atoms with E-state index < -0.39 is 15.4 Å². The van der Waals surface area contributed by atoms with Gasteiger partial charge in [-0.2, -0.15) is 0 Å². The summed E-state index contributed by atoms with van der Waals surface area (Å²) in [6.45, 7) is 4.28. The number of hydrogen-bond donors (Lipinski definition) is 1. The Morgan fingerprint density at radius 3 is 2.72 bits per heavy atom. The monoisotopic (exact) mass is 378 g/mol. The average molecular weight is 379 g/mol. The molecule has 2 aliphatic rings. The predicted molar refractivity (Wildman–Crippen MR) is 98.8 cm³/mol. The molecule has 2 aliphatic carbocycles. The summed E-state index contributed by atoms with van der Waals surface area (Å²) in [5, 5.41) is 0.739. The van der Waals surface area contributed by atoms with Crippen molar-refractivity contribution < 1.29 is 13.2 Å². The third-order valence-corrected chi connectivity index (χ3v) is 8.85. The van der Waals surface area contributed by atoms with E-state index >= 15 is 0 Å². The van der Waals surface area contributed by atoms with Crippen molar-refractivity contribution in [1.82, 2.24) is 9.71 Å². The van der Waals surface area contributed by atoms with Gasteiger partial charge in [-0.1, -0.05) is 26.0 Å². The van der Waals surface area contributed by atoms with Crippen molar-refractivity contribution in [3.05, 3.63) is 29.3 Å². The SMILES string of the molecule is CC1(C)C2CCC1(CS(=O)(=O)NCc1nc3ccccc3s1)C(=O)C2. The van der Waals surface area contributed by atoms with Crippen LogP contribution in [0.15, 0.2) is 24.3 Å². The molecule has 5 nitrogen and oxygen atoms in total. The molecular weight excluding hydrogens is 356 g/mol. The van der Waals surface area contributed by atoms with Crippen LogP contribution in [0.3, 0.4) is 0 Å². The van der Waals surface area contributed by atoms with Gasteiger partial charge in [0.25, 0.3) is 0 Å². The van der Waals surface area contributed by atoms with Crippen molar-refractivity contribution >= 4 is 37.4 Å². The minimum Gasteiger partial charge on any atom is -0.299 e. The molecule has 0 radical (unpaired) electrons. The van der Waals surface area contributed by atoms with Crippen molar-refractivity contribution in [3.8, 4) is 0 Å². The molecule has 2 atom stereocenters. The molecule has 1 heterocycles. The Bertz CT molecular complexity index is 915. The second-order valence-electron chi connectivity index (χ2n) is 7.82. The molecular formula is C18H22N2O3S2. The quantitative estimate of drug-likeness (QED) is 0.867. The molecule has 0 spiro atoms.